The van der Waals surface area contributed by atoms with E-state index in [-0.39, 0.29) is 0 Å². The Labute approximate surface area is 111 Å². The van der Waals surface area contributed by atoms with Crippen LogP contribution in [0.5, 0.6) is 0 Å². The Morgan fingerprint density at radius 1 is 0.882 bits per heavy atom. The van der Waals surface area contributed by atoms with E-state index in [0.717, 1.165) is 32.1 Å². The van der Waals surface area contributed by atoms with Crippen LogP contribution in [0.1, 0.15) is 48.0 Å². The lowest BCUT2D eigenvalue weighted by atomic mass is 10.1. The highest BCUT2D eigenvalue weighted by molar-refractivity contribution is 6.22. The molecule has 0 aliphatic rings. The van der Waals surface area contributed by atoms with Gasteiger partial charge in [0, 0.05) is 36.4 Å². The number of hydrogen-bond donors (Lipinski definition) is 0. The molecule has 1 unspecified atom stereocenters. The van der Waals surface area contributed by atoms with Gasteiger partial charge in [-0.15, -0.1) is 0 Å². The SMILES string of the molecule is CCC(C)C([SiH3])=C(N(CC)CC)N(CC)CC. The van der Waals surface area contributed by atoms with Crippen LogP contribution in [0.15, 0.2) is 11.0 Å². The van der Waals surface area contributed by atoms with Gasteiger partial charge in [0.1, 0.15) is 0 Å². The molecule has 0 heterocycles. The Kier molecular flexibility index (Phi) is 8.39. The van der Waals surface area contributed by atoms with Crippen LogP contribution in [0.25, 0.3) is 0 Å². The van der Waals surface area contributed by atoms with Crippen molar-refractivity contribution in [2.24, 2.45) is 5.92 Å². The monoisotopic (exact) mass is 256 g/mol. The average Bonchev–Trinajstić information content (AvgIpc) is 2.37. The first kappa shape index (κ1) is 16.6. The molecular formula is C14H32N2Si. The van der Waals surface area contributed by atoms with E-state index in [1.165, 1.54) is 22.5 Å². The van der Waals surface area contributed by atoms with E-state index in [4.69, 9.17) is 0 Å². The Morgan fingerprint density at radius 2 is 1.24 bits per heavy atom. The molecule has 0 aromatic carbocycles. The Morgan fingerprint density at radius 3 is 1.47 bits per heavy atom. The lowest BCUT2D eigenvalue weighted by Crippen LogP contribution is -2.37. The van der Waals surface area contributed by atoms with E-state index in [0.29, 0.717) is 0 Å². The van der Waals surface area contributed by atoms with Crippen LogP contribution in [-0.4, -0.2) is 46.2 Å². The molecule has 0 rings (SSSR count). The molecule has 3 heteroatoms. The van der Waals surface area contributed by atoms with Gasteiger partial charge in [0.25, 0.3) is 0 Å². The summed E-state index contributed by atoms with van der Waals surface area (Å²) in [6.45, 7) is 18.2. The fraction of sp³-hybridized carbons (Fsp3) is 0.857. The van der Waals surface area contributed by atoms with E-state index in [2.05, 4.69) is 51.3 Å². The summed E-state index contributed by atoms with van der Waals surface area (Å²) < 4.78 is 0. The summed E-state index contributed by atoms with van der Waals surface area (Å²) in [6, 6.07) is 0. The standard InChI is InChI=1S/C14H32N2Si/c1-7-12(6)13(17)14(15(8-2)9-3)16(10-4)11-5/h12H,7-11H2,1-6,17H3. The van der Waals surface area contributed by atoms with Gasteiger partial charge < -0.3 is 9.80 Å². The summed E-state index contributed by atoms with van der Waals surface area (Å²) in [5.74, 6) is 2.26. The molecule has 2 nitrogen and oxygen atoms in total. The van der Waals surface area contributed by atoms with Crippen molar-refractivity contribution in [1.82, 2.24) is 9.80 Å². The highest BCUT2D eigenvalue weighted by atomic mass is 28.1. The van der Waals surface area contributed by atoms with Crippen molar-refractivity contribution in [1.29, 1.82) is 0 Å². The van der Waals surface area contributed by atoms with Crippen LogP contribution in [0.4, 0.5) is 0 Å². The number of rotatable bonds is 8. The fourth-order valence-corrected chi connectivity index (χ4v) is 3.31. The van der Waals surface area contributed by atoms with Crippen molar-refractivity contribution in [3.8, 4) is 0 Å². The quantitative estimate of drug-likeness (QED) is 0.615. The summed E-state index contributed by atoms with van der Waals surface area (Å²) in [5.41, 5.74) is 0. The average molecular weight is 257 g/mol. The van der Waals surface area contributed by atoms with E-state index >= 15 is 0 Å². The van der Waals surface area contributed by atoms with Crippen molar-refractivity contribution < 1.29 is 0 Å². The second kappa shape index (κ2) is 8.62. The van der Waals surface area contributed by atoms with Gasteiger partial charge in [-0.2, -0.15) is 0 Å². The van der Waals surface area contributed by atoms with Crippen molar-refractivity contribution in [2.45, 2.75) is 48.0 Å². The lowest BCUT2D eigenvalue weighted by Gasteiger charge is -2.36. The molecule has 17 heavy (non-hydrogen) atoms. The molecule has 0 aliphatic heterocycles. The minimum Gasteiger partial charge on any atom is -0.359 e. The molecule has 0 aliphatic carbocycles. The first-order valence-corrected chi connectivity index (χ1v) is 8.27. The molecule has 0 saturated heterocycles. The summed E-state index contributed by atoms with van der Waals surface area (Å²) in [5, 5.41) is 1.68. The zero-order valence-electron chi connectivity index (χ0n) is 13.0. The van der Waals surface area contributed by atoms with Crippen LogP contribution >= 0.6 is 0 Å². The third kappa shape index (κ3) is 4.38. The third-order valence-corrected chi connectivity index (χ3v) is 5.26. The van der Waals surface area contributed by atoms with Gasteiger partial charge in [0.15, 0.2) is 0 Å². The predicted molar refractivity (Wildman–Crippen MR) is 82.3 cm³/mol. The van der Waals surface area contributed by atoms with E-state index in [9.17, 15) is 0 Å². The molecule has 0 radical (unpaired) electrons. The maximum atomic E-state index is 2.53. The van der Waals surface area contributed by atoms with Crippen molar-refractivity contribution >= 4 is 10.2 Å². The van der Waals surface area contributed by atoms with Gasteiger partial charge in [0.05, 0.1) is 5.82 Å². The van der Waals surface area contributed by atoms with Gasteiger partial charge in [-0.3, -0.25) is 0 Å². The first-order chi connectivity index (χ1) is 8.06. The van der Waals surface area contributed by atoms with Gasteiger partial charge in [-0.1, -0.05) is 20.3 Å². The van der Waals surface area contributed by atoms with Gasteiger partial charge in [0.2, 0.25) is 0 Å². The van der Waals surface area contributed by atoms with Crippen LogP contribution in [0.3, 0.4) is 0 Å². The van der Waals surface area contributed by atoms with Gasteiger partial charge >= 0.3 is 0 Å². The van der Waals surface area contributed by atoms with E-state index < -0.39 is 0 Å². The molecule has 0 aromatic heterocycles. The molecule has 0 bridgehead atoms. The van der Waals surface area contributed by atoms with Gasteiger partial charge in [-0.25, -0.2) is 0 Å². The third-order valence-electron chi connectivity index (χ3n) is 3.83. The minimum atomic E-state index is 0.734. The molecular weight excluding hydrogens is 224 g/mol. The molecule has 0 N–H and O–H groups in total. The Hall–Kier alpha value is -0.443. The molecule has 102 valence electrons. The molecule has 0 fully saturated rings. The number of hydrogen-bond acceptors (Lipinski definition) is 2. The molecule has 0 spiro atoms. The Bertz CT molecular complexity index is 216. The van der Waals surface area contributed by atoms with Gasteiger partial charge in [-0.05, 0) is 38.8 Å². The summed E-state index contributed by atoms with van der Waals surface area (Å²) >= 11 is 0. The fourth-order valence-electron chi connectivity index (χ4n) is 2.27. The number of nitrogens with zero attached hydrogens (tertiary/aromatic N) is 2. The van der Waals surface area contributed by atoms with Crippen molar-refractivity contribution in [3.05, 3.63) is 11.0 Å². The minimum absolute atomic E-state index is 0.734. The summed E-state index contributed by atoms with van der Waals surface area (Å²) in [7, 11) is 1.18. The van der Waals surface area contributed by atoms with Crippen LogP contribution in [-0.2, 0) is 0 Å². The van der Waals surface area contributed by atoms with Crippen molar-refractivity contribution in [2.75, 3.05) is 26.2 Å². The van der Waals surface area contributed by atoms with Crippen LogP contribution in [0.2, 0.25) is 0 Å². The normalized spacial score (nSPS) is 12.4. The first-order valence-electron chi connectivity index (χ1n) is 7.27. The summed E-state index contributed by atoms with van der Waals surface area (Å²) in [4.78, 5) is 5.06. The molecule has 1 atom stereocenters. The lowest BCUT2D eigenvalue weighted by molar-refractivity contribution is 0.229. The topological polar surface area (TPSA) is 6.48 Å². The predicted octanol–water partition coefficient (Wildman–Crippen LogP) is 2.25. The van der Waals surface area contributed by atoms with Crippen LogP contribution < -0.4 is 0 Å². The highest BCUT2D eigenvalue weighted by Crippen LogP contribution is 2.21. The molecule has 0 aromatic rings. The second-order valence-corrected chi connectivity index (χ2v) is 5.74. The number of allylic oxidation sites excluding steroid dienone is 1. The van der Waals surface area contributed by atoms with Crippen molar-refractivity contribution in [3.63, 3.8) is 0 Å². The maximum absolute atomic E-state index is 2.53. The zero-order valence-corrected chi connectivity index (χ0v) is 15.0. The second-order valence-electron chi connectivity index (χ2n) is 4.66. The molecule has 0 saturated carbocycles. The highest BCUT2D eigenvalue weighted by Gasteiger charge is 2.17. The summed E-state index contributed by atoms with van der Waals surface area (Å²) in [6.07, 6.45) is 1.25. The largest absolute Gasteiger partial charge is 0.359 e. The smallest absolute Gasteiger partial charge is 0.0982 e. The van der Waals surface area contributed by atoms with E-state index in [1.54, 1.807) is 5.20 Å². The zero-order chi connectivity index (χ0) is 13.4. The molecule has 0 amide bonds. The maximum Gasteiger partial charge on any atom is 0.0982 e. The van der Waals surface area contributed by atoms with E-state index in [1.807, 2.05) is 0 Å². The Balaban J connectivity index is 5.34. The van der Waals surface area contributed by atoms with Crippen LogP contribution in [0, 0.1) is 5.92 Å².